The maximum atomic E-state index is 11.2. The molecule has 5 nitrogen and oxygen atoms in total. The highest BCUT2D eigenvalue weighted by Gasteiger charge is 2.24. The molecule has 0 saturated heterocycles. The molecule has 0 bridgehead atoms. The molecule has 0 aliphatic heterocycles. The number of hydrogen-bond acceptors (Lipinski definition) is 5. The van der Waals surface area contributed by atoms with Crippen molar-refractivity contribution in [2.45, 2.75) is 27.7 Å². The van der Waals surface area contributed by atoms with Crippen LogP contribution in [0.2, 0.25) is 0 Å². The fourth-order valence-corrected chi connectivity index (χ4v) is 4.37. The van der Waals surface area contributed by atoms with Crippen LogP contribution in [0.4, 0.5) is 0 Å². The van der Waals surface area contributed by atoms with E-state index in [4.69, 9.17) is 0 Å². The molecule has 15 heavy (non-hydrogen) atoms. The zero-order chi connectivity index (χ0) is 12.3. The predicted octanol–water partition coefficient (Wildman–Crippen LogP) is 0.975. The van der Waals surface area contributed by atoms with Crippen molar-refractivity contribution in [2.24, 2.45) is 11.8 Å². The smallest absolute Gasteiger partial charge is 0.198 e. The highest BCUT2D eigenvalue weighted by atomic mass is 32.3. The summed E-state index contributed by atoms with van der Waals surface area (Å²) in [4.78, 5) is 0. The van der Waals surface area contributed by atoms with Gasteiger partial charge < -0.3 is 0 Å². The van der Waals surface area contributed by atoms with Gasteiger partial charge in [0.25, 0.3) is 20.2 Å². The van der Waals surface area contributed by atoms with E-state index in [1.807, 2.05) is 0 Å². The Morgan fingerprint density at radius 2 is 1.07 bits per heavy atom. The second kappa shape index (κ2) is 5.27. The summed E-state index contributed by atoms with van der Waals surface area (Å²) in [5, 5.41) is 0. The van der Waals surface area contributed by atoms with Crippen LogP contribution in [-0.2, 0) is 23.9 Å². The topological polar surface area (TPSA) is 77.5 Å². The van der Waals surface area contributed by atoms with Gasteiger partial charge in [-0.05, 0) is 11.8 Å². The van der Waals surface area contributed by atoms with Gasteiger partial charge in [-0.25, -0.2) is 0 Å². The molecule has 92 valence electrons. The van der Waals surface area contributed by atoms with Crippen LogP contribution >= 0.6 is 0 Å². The van der Waals surface area contributed by atoms with Crippen molar-refractivity contribution in [3.63, 3.8) is 0 Å². The van der Waals surface area contributed by atoms with Crippen LogP contribution in [0.1, 0.15) is 27.7 Å². The molecular weight excluding hydrogens is 240 g/mol. The first kappa shape index (κ1) is 14.9. The Labute approximate surface area is 92.1 Å². The van der Waals surface area contributed by atoms with E-state index in [0.717, 1.165) is 0 Å². The van der Waals surface area contributed by atoms with Gasteiger partial charge in [0.2, 0.25) is 0 Å². The highest BCUT2D eigenvalue weighted by molar-refractivity contribution is 7.99. The van der Waals surface area contributed by atoms with Crippen LogP contribution in [-0.4, -0.2) is 28.3 Å². The molecule has 0 unspecified atom stereocenters. The van der Waals surface area contributed by atoms with Crippen LogP contribution in [0.5, 0.6) is 0 Å². The molecule has 0 aromatic rings. The lowest BCUT2D eigenvalue weighted by Gasteiger charge is -2.09. The average molecular weight is 258 g/mol. The lowest BCUT2D eigenvalue weighted by atomic mass is 10.3. The van der Waals surface area contributed by atoms with Crippen molar-refractivity contribution in [1.82, 2.24) is 0 Å². The Bertz CT molecular complexity index is 339. The summed E-state index contributed by atoms with van der Waals surface area (Å²) in [5.41, 5.74) is 0. The second-order valence-electron chi connectivity index (χ2n) is 4.30. The van der Waals surface area contributed by atoms with E-state index in [1.165, 1.54) is 0 Å². The minimum Gasteiger partial charge on any atom is -0.198 e. The molecule has 0 heterocycles. The van der Waals surface area contributed by atoms with Gasteiger partial charge in [-0.3, -0.25) is 0 Å². The predicted molar refractivity (Wildman–Crippen MR) is 58.3 cm³/mol. The van der Waals surface area contributed by atoms with Gasteiger partial charge in [0.15, 0.2) is 0 Å². The van der Waals surface area contributed by atoms with Gasteiger partial charge in [-0.2, -0.15) is 16.8 Å². The molecule has 0 aromatic carbocycles. The second-order valence-corrected chi connectivity index (χ2v) is 7.75. The Morgan fingerprint density at radius 3 is 1.27 bits per heavy atom. The van der Waals surface area contributed by atoms with Crippen molar-refractivity contribution in [1.29, 1.82) is 0 Å². The first-order chi connectivity index (χ1) is 6.54. The fourth-order valence-electron chi connectivity index (χ4n) is 1.03. The minimum absolute atomic E-state index is 0.163. The zero-order valence-electron chi connectivity index (χ0n) is 9.43. The molecule has 0 spiro atoms. The number of rotatable bonds is 6. The van der Waals surface area contributed by atoms with E-state index in [0.29, 0.717) is 0 Å². The summed E-state index contributed by atoms with van der Waals surface area (Å²) in [6.07, 6.45) is 0. The van der Waals surface area contributed by atoms with E-state index in [-0.39, 0.29) is 23.3 Å². The van der Waals surface area contributed by atoms with Gasteiger partial charge in [0, 0.05) is 0 Å². The fraction of sp³-hybridized carbons (Fsp3) is 1.00. The lowest BCUT2D eigenvalue weighted by Crippen LogP contribution is -2.22. The van der Waals surface area contributed by atoms with E-state index in [9.17, 15) is 16.8 Å². The van der Waals surface area contributed by atoms with Crippen molar-refractivity contribution in [3.05, 3.63) is 0 Å². The summed E-state index contributed by atoms with van der Waals surface area (Å²) >= 11 is 0. The molecular formula is C8H18O5S2. The molecule has 0 aromatic heterocycles. The average Bonchev–Trinajstić information content (AvgIpc) is 1.73. The summed E-state index contributed by atoms with van der Waals surface area (Å²) in [6, 6.07) is 0. The Balaban J connectivity index is 4.60. The first-order valence-corrected chi connectivity index (χ1v) is 7.86. The van der Waals surface area contributed by atoms with Gasteiger partial charge in [-0.15, -0.1) is 3.63 Å². The van der Waals surface area contributed by atoms with Crippen molar-refractivity contribution < 1.29 is 20.5 Å². The van der Waals surface area contributed by atoms with Gasteiger partial charge in [0.05, 0.1) is 11.5 Å². The first-order valence-electron chi connectivity index (χ1n) is 4.70. The molecule has 0 aliphatic rings. The Kier molecular flexibility index (Phi) is 5.22. The standard InChI is InChI=1S/C8H18O5S2/c1-7(2)5-14(9,10)13-15(11,12)6-8(3)4/h7-8H,5-6H2,1-4H3. The molecule has 0 saturated carbocycles. The summed E-state index contributed by atoms with van der Waals surface area (Å²) < 4.78 is 49.1. The molecule has 0 fully saturated rings. The molecule has 0 aliphatic carbocycles. The quantitative estimate of drug-likeness (QED) is 0.709. The zero-order valence-corrected chi connectivity index (χ0v) is 11.1. The van der Waals surface area contributed by atoms with Crippen LogP contribution in [0.3, 0.4) is 0 Å². The Hall–Kier alpha value is -0.140. The van der Waals surface area contributed by atoms with Gasteiger partial charge in [0.1, 0.15) is 0 Å². The van der Waals surface area contributed by atoms with E-state index >= 15 is 0 Å². The largest absolute Gasteiger partial charge is 0.282 e. The van der Waals surface area contributed by atoms with E-state index in [2.05, 4.69) is 3.63 Å². The van der Waals surface area contributed by atoms with Crippen LogP contribution < -0.4 is 0 Å². The molecule has 0 N–H and O–H groups in total. The van der Waals surface area contributed by atoms with Crippen molar-refractivity contribution in [3.8, 4) is 0 Å². The SMILES string of the molecule is CC(C)CS(=O)(=O)OS(=O)(=O)CC(C)C. The van der Waals surface area contributed by atoms with Crippen molar-refractivity contribution in [2.75, 3.05) is 11.5 Å². The molecule has 0 amide bonds. The maximum absolute atomic E-state index is 11.2. The maximum Gasteiger partial charge on any atom is 0.282 e. The molecule has 0 radical (unpaired) electrons. The van der Waals surface area contributed by atoms with E-state index in [1.54, 1.807) is 27.7 Å². The summed E-state index contributed by atoms with van der Waals surface area (Å²) in [5.74, 6) is -0.900. The van der Waals surface area contributed by atoms with Gasteiger partial charge >= 0.3 is 0 Å². The molecule has 7 heteroatoms. The minimum atomic E-state index is -3.97. The number of hydrogen-bond donors (Lipinski definition) is 0. The summed E-state index contributed by atoms with van der Waals surface area (Å²) in [6.45, 7) is 6.71. The van der Waals surface area contributed by atoms with Crippen molar-refractivity contribution >= 4 is 20.2 Å². The third kappa shape index (κ3) is 7.75. The molecule has 0 rings (SSSR count). The monoisotopic (exact) mass is 258 g/mol. The van der Waals surface area contributed by atoms with Crippen LogP contribution in [0.25, 0.3) is 0 Å². The van der Waals surface area contributed by atoms with Gasteiger partial charge in [-0.1, -0.05) is 27.7 Å². The molecule has 0 atom stereocenters. The Morgan fingerprint density at radius 1 is 0.800 bits per heavy atom. The third-order valence-electron chi connectivity index (χ3n) is 1.28. The van der Waals surface area contributed by atoms with Crippen LogP contribution in [0.15, 0.2) is 0 Å². The third-order valence-corrected chi connectivity index (χ3v) is 5.09. The highest BCUT2D eigenvalue weighted by Crippen LogP contribution is 2.09. The normalized spacial score (nSPS) is 13.7. The van der Waals surface area contributed by atoms with Crippen LogP contribution in [0, 0.1) is 11.8 Å². The van der Waals surface area contributed by atoms with E-state index < -0.39 is 20.2 Å². The lowest BCUT2D eigenvalue weighted by molar-refractivity contribution is 0.451. The summed E-state index contributed by atoms with van der Waals surface area (Å²) in [7, 11) is -7.94.